The molecule has 0 atom stereocenters. The summed E-state index contributed by atoms with van der Waals surface area (Å²) in [4.78, 5) is 23.3. The Hall–Kier alpha value is -3.58. The molecular formula is C24H22ClN3O4. The number of fused-ring (bicyclic) bond motifs is 1. The van der Waals surface area contributed by atoms with Crippen LogP contribution >= 0.6 is 11.6 Å². The normalized spacial score (nSPS) is 11.2. The van der Waals surface area contributed by atoms with Crippen molar-refractivity contribution in [1.82, 2.24) is 15.0 Å². The van der Waals surface area contributed by atoms with E-state index >= 15 is 0 Å². The minimum Gasteiger partial charge on any atom is -0.493 e. The van der Waals surface area contributed by atoms with Gasteiger partial charge in [-0.1, -0.05) is 31.5 Å². The van der Waals surface area contributed by atoms with Crippen molar-refractivity contribution in [2.75, 3.05) is 6.61 Å². The molecule has 0 saturated carbocycles. The standard InChI is InChI=1S/C24H22ClN3O4/c1-13(2)12-31-16-8-5-15(6-9-16)21-19(25)11-20-22(27-21)28-24(26-20)32-17-7-4-14(3)18(10-17)23(29)30/h4-11,13H,12H2,1-3H3,(H,29,30)(H,26,27,28). The Morgan fingerprint density at radius 3 is 2.50 bits per heavy atom. The topological polar surface area (TPSA) is 97.3 Å². The molecule has 2 aromatic heterocycles. The average molecular weight is 452 g/mol. The molecule has 2 heterocycles. The van der Waals surface area contributed by atoms with Crippen molar-refractivity contribution in [2.24, 2.45) is 5.92 Å². The molecule has 0 aliphatic carbocycles. The summed E-state index contributed by atoms with van der Waals surface area (Å²) in [6, 6.07) is 14.3. The molecule has 0 aliphatic heterocycles. The Bertz CT molecular complexity index is 1280. The van der Waals surface area contributed by atoms with Gasteiger partial charge in [0.05, 0.1) is 28.4 Å². The van der Waals surface area contributed by atoms with Gasteiger partial charge < -0.3 is 19.6 Å². The summed E-state index contributed by atoms with van der Waals surface area (Å²) in [5.41, 5.74) is 3.29. The molecule has 0 spiro atoms. The van der Waals surface area contributed by atoms with Gasteiger partial charge in [0, 0.05) is 5.56 Å². The molecule has 0 aliphatic rings. The summed E-state index contributed by atoms with van der Waals surface area (Å²) in [5.74, 6) is 0.570. The average Bonchev–Trinajstić information content (AvgIpc) is 3.14. The van der Waals surface area contributed by atoms with Crippen LogP contribution in [0.25, 0.3) is 22.4 Å². The summed E-state index contributed by atoms with van der Waals surface area (Å²) in [7, 11) is 0. The number of aromatic nitrogens is 3. The van der Waals surface area contributed by atoms with Crippen molar-refractivity contribution in [3.8, 4) is 28.8 Å². The lowest BCUT2D eigenvalue weighted by Gasteiger charge is -2.09. The predicted octanol–water partition coefficient (Wildman–Crippen LogP) is 6.11. The van der Waals surface area contributed by atoms with E-state index in [1.807, 2.05) is 24.3 Å². The Labute approximate surface area is 190 Å². The van der Waals surface area contributed by atoms with Crippen molar-refractivity contribution in [3.63, 3.8) is 0 Å². The molecule has 2 aromatic carbocycles. The van der Waals surface area contributed by atoms with Gasteiger partial charge in [0.25, 0.3) is 0 Å². The number of H-pyrrole nitrogens is 1. The maximum Gasteiger partial charge on any atom is 0.336 e. The molecule has 8 heteroatoms. The monoisotopic (exact) mass is 451 g/mol. The zero-order valence-electron chi connectivity index (χ0n) is 17.8. The molecule has 0 bridgehead atoms. The Morgan fingerprint density at radius 1 is 1.09 bits per heavy atom. The van der Waals surface area contributed by atoms with Crippen molar-refractivity contribution in [1.29, 1.82) is 0 Å². The minimum absolute atomic E-state index is 0.169. The van der Waals surface area contributed by atoms with Crippen LogP contribution in [0.3, 0.4) is 0 Å². The van der Waals surface area contributed by atoms with Crippen molar-refractivity contribution in [2.45, 2.75) is 20.8 Å². The summed E-state index contributed by atoms with van der Waals surface area (Å²) < 4.78 is 11.5. The molecule has 4 aromatic rings. The second-order valence-electron chi connectivity index (χ2n) is 7.85. The zero-order chi connectivity index (χ0) is 22.8. The van der Waals surface area contributed by atoms with E-state index in [9.17, 15) is 9.90 Å². The van der Waals surface area contributed by atoms with Crippen LogP contribution in [0.5, 0.6) is 17.5 Å². The van der Waals surface area contributed by atoms with E-state index in [0.717, 1.165) is 11.3 Å². The molecular weight excluding hydrogens is 430 g/mol. The van der Waals surface area contributed by atoms with Gasteiger partial charge in [-0.25, -0.2) is 9.78 Å². The number of carbonyl (C=O) groups is 1. The third-order valence-corrected chi connectivity index (χ3v) is 5.06. The van der Waals surface area contributed by atoms with Crippen LogP contribution in [-0.4, -0.2) is 32.6 Å². The second kappa shape index (κ2) is 8.88. The fraction of sp³-hybridized carbons (Fsp3) is 0.208. The molecule has 0 fully saturated rings. The van der Waals surface area contributed by atoms with E-state index in [2.05, 4.69) is 28.8 Å². The number of nitrogens with zero attached hydrogens (tertiary/aromatic N) is 2. The van der Waals surface area contributed by atoms with E-state index in [1.165, 1.54) is 6.07 Å². The van der Waals surface area contributed by atoms with Crippen LogP contribution in [0, 0.1) is 12.8 Å². The molecule has 0 unspecified atom stereocenters. The first-order chi connectivity index (χ1) is 15.3. The number of pyridine rings is 1. The summed E-state index contributed by atoms with van der Waals surface area (Å²) >= 11 is 6.48. The van der Waals surface area contributed by atoms with Gasteiger partial charge in [-0.3, -0.25) is 0 Å². The number of nitrogens with one attached hydrogen (secondary N) is 1. The first-order valence-electron chi connectivity index (χ1n) is 10.1. The number of imidazole rings is 1. The fourth-order valence-corrected chi connectivity index (χ4v) is 3.39. The number of hydrogen-bond donors (Lipinski definition) is 2. The number of halogens is 1. The van der Waals surface area contributed by atoms with Crippen LogP contribution in [0.2, 0.25) is 5.02 Å². The SMILES string of the molecule is Cc1ccc(Oc2nc3nc(-c4ccc(OCC(C)C)cc4)c(Cl)cc3[nH]2)cc1C(=O)O. The lowest BCUT2D eigenvalue weighted by atomic mass is 10.1. The number of aromatic amines is 1. The van der Waals surface area contributed by atoms with Gasteiger partial charge in [0.2, 0.25) is 0 Å². The molecule has 0 radical (unpaired) electrons. The van der Waals surface area contributed by atoms with Crippen LogP contribution in [0.4, 0.5) is 0 Å². The van der Waals surface area contributed by atoms with E-state index in [1.54, 1.807) is 25.1 Å². The van der Waals surface area contributed by atoms with Gasteiger partial charge in [-0.2, -0.15) is 4.98 Å². The number of aryl methyl sites for hydroxylation is 1. The molecule has 2 N–H and O–H groups in total. The number of ether oxygens (including phenoxy) is 2. The maximum atomic E-state index is 11.4. The Morgan fingerprint density at radius 2 is 1.81 bits per heavy atom. The number of hydrogen-bond acceptors (Lipinski definition) is 5. The third kappa shape index (κ3) is 4.68. The van der Waals surface area contributed by atoms with E-state index in [4.69, 9.17) is 21.1 Å². The first kappa shape index (κ1) is 21.6. The van der Waals surface area contributed by atoms with Crippen molar-refractivity contribution >= 4 is 28.7 Å². The number of aromatic carboxylic acids is 1. The Balaban J connectivity index is 1.60. The fourth-order valence-electron chi connectivity index (χ4n) is 3.13. The maximum absolute atomic E-state index is 11.4. The smallest absolute Gasteiger partial charge is 0.336 e. The number of carboxylic acid groups (broad SMARTS) is 1. The van der Waals surface area contributed by atoms with Gasteiger partial charge in [-0.15, -0.1) is 0 Å². The minimum atomic E-state index is -1.02. The second-order valence-corrected chi connectivity index (χ2v) is 8.25. The zero-order valence-corrected chi connectivity index (χ0v) is 18.6. The molecule has 7 nitrogen and oxygen atoms in total. The van der Waals surface area contributed by atoms with Gasteiger partial charge >= 0.3 is 12.0 Å². The highest BCUT2D eigenvalue weighted by Crippen LogP contribution is 2.31. The van der Waals surface area contributed by atoms with E-state index in [-0.39, 0.29) is 11.6 Å². The quantitative estimate of drug-likeness (QED) is 0.351. The highest BCUT2D eigenvalue weighted by atomic mass is 35.5. The molecule has 4 rings (SSSR count). The number of rotatable bonds is 7. The lowest BCUT2D eigenvalue weighted by molar-refractivity contribution is 0.0695. The highest BCUT2D eigenvalue weighted by Gasteiger charge is 2.14. The van der Waals surface area contributed by atoms with E-state index < -0.39 is 5.97 Å². The third-order valence-electron chi connectivity index (χ3n) is 4.77. The molecule has 0 saturated heterocycles. The number of carboxylic acids is 1. The lowest BCUT2D eigenvalue weighted by Crippen LogP contribution is -2.04. The van der Waals surface area contributed by atoms with Crippen LogP contribution in [0.1, 0.15) is 29.8 Å². The van der Waals surface area contributed by atoms with Crippen LogP contribution in [-0.2, 0) is 0 Å². The molecule has 164 valence electrons. The highest BCUT2D eigenvalue weighted by molar-refractivity contribution is 6.33. The van der Waals surface area contributed by atoms with Crippen molar-refractivity contribution in [3.05, 3.63) is 64.7 Å². The van der Waals surface area contributed by atoms with Crippen LogP contribution < -0.4 is 9.47 Å². The largest absolute Gasteiger partial charge is 0.493 e. The van der Waals surface area contributed by atoms with Gasteiger partial charge in [0.1, 0.15) is 11.5 Å². The summed E-state index contributed by atoms with van der Waals surface area (Å²) in [6.45, 7) is 6.57. The van der Waals surface area contributed by atoms with Gasteiger partial charge in [-0.05, 0) is 60.9 Å². The summed E-state index contributed by atoms with van der Waals surface area (Å²) in [5, 5.41) is 9.76. The van der Waals surface area contributed by atoms with E-state index in [0.29, 0.717) is 45.7 Å². The number of benzene rings is 2. The Kier molecular flexibility index (Phi) is 6.01. The predicted molar refractivity (Wildman–Crippen MR) is 123 cm³/mol. The molecule has 32 heavy (non-hydrogen) atoms. The van der Waals surface area contributed by atoms with Gasteiger partial charge in [0.15, 0.2) is 5.65 Å². The summed E-state index contributed by atoms with van der Waals surface area (Å²) in [6.07, 6.45) is 0. The first-order valence-corrected chi connectivity index (χ1v) is 10.5. The van der Waals surface area contributed by atoms with Crippen molar-refractivity contribution < 1.29 is 19.4 Å². The van der Waals surface area contributed by atoms with Crippen LogP contribution in [0.15, 0.2) is 48.5 Å². The molecule has 0 amide bonds.